The Kier molecular flexibility index (Phi) is 30.1. The molecule has 0 saturated carbocycles. The normalized spacial score (nSPS) is 20.2. The van der Waals surface area contributed by atoms with Crippen LogP contribution in [-0.4, -0.2) is 161 Å². The second-order valence-electron chi connectivity index (χ2n) is 26.9. The Balaban J connectivity index is 0.000000151. The Bertz CT molecular complexity index is 4460. The van der Waals surface area contributed by atoms with Gasteiger partial charge >= 0.3 is 0 Å². The summed E-state index contributed by atoms with van der Waals surface area (Å²) in [6.07, 6.45) is 7.53. The minimum Gasteiger partial charge on any atom is -0.373 e. The maximum absolute atomic E-state index is 13.1. The molecule has 0 aliphatic carbocycles. The van der Waals surface area contributed by atoms with Crippen molar-refractivity contribution in [3.05, 3.63) is 168 Å². The van der Waals surface area contributed by atoms with E-state index in [0.717, 1.165) is 108 Å². The van der Waals surface area contributed by atoms with Crippen LogP contribution in [0.2, 0.25) is 0 Å². The third-order valence-corrected chi connectivity index (χ3v) is 24.9. The molecule has 14 rings (SSSR count). The average molecular weight is 1600 g/mol. The van der Waals surface area contributed by atoms with Gasteiger partial charge in [0.15, 0.2) is 0 Å². The molecule has 572 valence electrons. The molecule has 6 unspecified atom stereocenters. The average Bonchev–Trinajstić information content (AvgIpc) is 1.77. The molecule has 108 heavy (non-hydrogen) atoms. The summed E-state index contributed by atoms with van der Waals surface area (Å²) >= 11 is 8.58. The number of nitriles is 6. The number of fused-ring (bicyclic) bond motifs is 1. The van der Waals surface area contributed by atoms with Crippen molar-refractivity contribution >= 4 is 68.0 Å². The Labute approximate surface area is 650 Å². The zero-order valence-corrected chi connectivity index (χ0v) is 65.5. The molecule has 0 spiro atoms. The summed E-state index contributed by atoms with van der Waals surface area (Å²) in [4.78, 5) is 41.4. The van der Waals surface area contributed by atoms with Gasteiger partial charge in [-0.3, -0.25) is 29.4 Å². The van der Waals surface area contributed by atoms with Crippen LogP contribution in [0.1, 0.15) is 167 Å². The van der Waals surface area contributed by atoms with Crippen LogP contribution >= 0.6 is 68.0 Å². The third-order valence-electron chi connectivity index (χ3n) is 19.1. The van der Waals surface area contributed by atoms with E-state index in [1.807, 2.05) is 74.2 Å². The van der Waals surface area contributed by atoms with E-state index in [0.29, 0.717) is 17.2 Å². The summed E-state index contributed by atoms with van der Waals surface area (Å²) < 4.78 is 117. The van der Waals surface area contributed by atoms with Crippen molar-refractivity contribution < 1.29 is 41.2 Å². The van der Waals surface area contributed by atoms with E-state index >= 15 is 0 Å². The molecule has 0 amide bonds. The van der Waals surface area contributed by atoms with Gasteiger partial charge in [0.1, 0.15) is 36.3 Å². The highest BCUT2D eigenvalue weighted by atomic mass is 32.1. The van der Waals surface area contributed by atoms with Gasteiger partial charge in [-0.25, -0.2) is 65.0 Å². The maximum atomic E-state index is 13.1. The zero-order chi connectivity index (χ0) is 78.6. The van der Waals surface area contributed by atoms with Crippen molar-refractivity contribution in [1.82, 2.24) is 59.3 Å². The van der Waals surface area contributed by atoms with Gasteiger partial charge < -0.3 is 4.74 Å². The van der Waals surface area contributed by atoms with E-state index < -0.39 is 47.9 Å². The minimum absolute atomic E-state index is 0.157. The first-order valence-corrected chi connectivity index (χ1v) is 40.1. The molecule has 6 aromatic heterocycles. The Morgan fingerprint density at radius 2 is 0.796 bits per heavy atom. The SMILES string of the molecule is Cc1ncc(C(C#N)N2CCC(F)(F)CC2)s1.Cc1ncc(C(C#N)N2CCC(OCc3ccccc3)CC2)s1.Cc1ncc(C(C#N)N2CCc3ccccc3C2)s1.Cc1ncsc1C(C#N)N1CC(F)(F)C1.Cc1ncsc1C(C#N)N1CCC(F)(F)CC1.[2H]c1nc(C)c(C(C#N)N2CCC(F)(F)CC2)s1. The number of aromatic nitrogens is 6. The lowest BCUT2D eigenvalue weighted by atomic mass is 9.98. The molecule has 0 bridgehead atoms. The van der Waals surface area contributed by atoms with E-state index in [-0.39, 0.29) is 115 Å². The molecule has 5 saturated heterocycles. The highest BCUT2D eigenvalue weighted by molar-refractivity contribution is 7.12. The topological polar surface area (TPSA) is 249 Å². The monoisotopic (exact) mass is 1600 g/mol. The number of ether oxygens (including phenoxy) is 1. The van der Waals surface area contributed by atoms with Crippen molar-refractivity contribution in [3.63, 3.8) is 0 Å². The molecular formula is C75H84F8N18OS6. The number of aryl methyl sites for hydroxylation is 6. The molecule has 5 fully saturated rings. The van der Waals surface area contributed by atoms with Gasteiger partial charge in [0.25, 0.3) is 23.7 Å². The Morgan fingerprint density at radius 1 is 0.435 bits per heavy atom. The minimum atomic E-state index is -2.63. The first-order valence-electron chi connectivity index (χ1n) is 35.6. The number of alkyl halides is 8. The van der Waals surface area contributed by atoms with Crippen molar-refractivity contribution in [1.29, 1.82) is 31.6 Å². The van der Waals surface area contributed by atoms with Crippen molar-refractivity contribution in [3.8, 4) is 36.4 Å². The highest BCUT2D eigenvalue weighted by Gasteiger charge is 2.48. The number of nitrogens with zero attached hydrogens (tertiary/aromatic N) is 18. The number of thiazole rings is 6. The lowest BCUT2D eigenvalue weighted by Crippen LogP contribution is -2.56. The Hall–Kier alpha value is -7.68. The van der Waals surface area contributed by atoms with Crippen molar-refractivity contribution in [2.24, 2.45) is 0 Å². The highest BCUT2D eigenvalue weighted by Crippen LogP contribution is 2.40. The van der Waals surface area contributed by atoms with E-state index in [1.165, 1.54) is 55.6 Å². The van der Waals surface area contributed by atoms with Gasteiger partial charge in [-0.2, -0.15) is 31.6 Å². The number of hydrogen-bond acceptors (Lipinski definition) is 25. The van der Waals surface area contributed by atoms with Crippen LogP contribution in [0.4, 0.5) is 35.1 Å². The number of benzene rings is 2. The van der Waals surface area contributed by atoms with E-state index in [1.54, 1.807) is 58.6 Å². The predicted molar refractivity (Wildman–Crippen MR) is 401 cm³/mol. The van der Waals surface area contributed by atoms with Crippen LogP contribution in [0.5, 0.6) is 0 Å². The molecule has 8 aromatic rings. The summed E-state index contributed by atoms with van der Waals surface area (Å²) in [5.74, 6) is -10.4. The van der Waals surface area contributed by atoms with Crippen LogP contribution < -0.4 is 0 Å². The molecule has 6 aliphatic heterocycles. The smallest absolute Gasteiger partial charge is 0.273 e. The van der Waals surface area contributed by atoms with Crippen LogP contribution in [0.15, 0.2) is 89.7 Å². The van der Waals surface area contributed by atoms with Crippen molar-refractivity contribution in [2.45, 2.75) is 179 Å². The number of rotatable bonds is 15. The molecule has 2 aromatic carbocycles. The molecule has 12 heterocycles. The van der Waals surface area contributed by atoms with Crippen LogP contribution in [0.25, 0.3) is 0 Å². The molecule has 0 radical (unpaired) electrons. The first kappa shape index (κ1) is 82.8. The zero-order valence-electron chi connectivity index (χ0n) is 61.6. The maximum Gasteiger partial charge on any atom is 0.273 e. The van der Waals surface area contributed by atoms with Crippen LogP contribution in [0.3, 0.4) is 0 Å². The predicted octanol–water partition coefficient (Wildman–Crippen LogP) is 17.0. The quantitative estimate of drug-likeness (QED) is 0.0865. The summed E-state index contributed by atoms with van der Waals surface area (Å²) in [6.45, 7) is 16.3. The second-order valence-corrected chi connectivity index (χ2v) is 33.2. The van der Waals surface area contributed by atoms with Gasteiger partial charge in [0.05, 0.1) is 141 Å². The lowest BCUT2D eigenvalue weighted by Gasteiger charge is -2.40. The fourth-order valence-corrected chi connectivity index (χ4v) is 18.1. The number of likely N-dealkylation sites (tertiary alicyclic amines) is 5. The van der Waals surface area contributed by atoms with E-state index in [4.69, 9.17) is 11.4 Å². The number of piperidine rings is 4. The Morgan fingerprint density at radius 3 is 1.16 bits per heavy atom. The summed E-state index contributed by atoms with van der Waals surface area (Å²) in [5, 5.41) is 58.5. The van der Waals surface area contributed by atoms with E-state index in [9.17, 15) is 61.4 Å². The van der Waals surface area contributed by atoms with Crippen LogP contribution in [-0.2, 0) is 24.3 Å². The molecule has 0 N–H and O–H groups in total. The molecule has 19 nitrogen and oxygen atoms in total. The van der Waals surface area contributed by atoms with Gasteiger partial charge in [-0.1, -0.05) is 54.6 Å². The largest absolute Gasteiger partial charge is 0.373 e. The number of halogens is 8. The van der Waals surface area contributed by atoms with Crippen LogP contribution in [0, 0.1) is 110 Å². The standard InChI is InChI=1S/C18H21N3OS.C15H15N3S.3C11H13F2N3S.C9H9F2N3S/c1-14-20-12-18(23-14)17(11-19)21-9-7-16(8-10-21)22-13-15-5-3-2-4-6-15;1-11-17-9-15(19-11)14(8-16)18-7-6-12-4-2-3-5-13(12)10-18;2*1-8-10(17-7-15-8)9(6-14)16-4-2-11(12,13)3-5-16;1-8-15-7-10(17-8)9(6-14)16-4-2-11(12,13)3-5-16;1-6-8(15-5-13-6)7(2-12)14-3-9(10,11)4-14/h2-6,12,16-17H,7-10,13H2,1H3;2-5,9,14H,6-7,10H2,1H3;3*7,9H,2-5H2,1H3;5,7H,3-4H2,1H3/i;;7D;;;. The van der Waals surface area contributed by atoms with Crippen molar-refractivity contribution in [2.75, 3.05) is 72.0 Å². The van der Waals surface area contributed by atoms with Gasteiger partial charge in [-0.15, -0.1) is 68.0 Å². The molecule has 6 aliphatic rings. The molecular weight excluding hydrogens is 1510 g/mol. The lowest BCUT2D eigenvalue weighted by molar-refractivity contribution is -0.139. The summed E-state index contributed by atoms with van der Waals surface area (Å²) in [6, 6.07) is 29.9. The fourth-order valence-electron chi connectivity index (χ4n) is 13.0. The first-order chi connectivity index (χ1) is 52.0. The number of hydrogen-bond donors (Lipinski definition) is 0. The second kappa shape index (κ2) is 39.3. The summed E-state index contributed by atoms with van der Waals surface area (Å²) in [5.41, 5.74) is 9.66. The van der Waals surface area contributed by atoms with Gasteiger partial charge in [0, 0.05) is 123 Å². The fraction of sp³-hybridized carbons (Fsp3) is 0.520. The third kappa shape index (κ3) is 23.7. The summed E-state index contributed by atoms with van der Waals surface area (Å²) in [7, 11) is 0. The van der Waals surface area contributed by atoms with Gasteiger partial charge in [-0.05, 0) is 77.5 Å². The molecule has 6 atom stereocenters. The molecule has 33 heteroatoms. The van der Waals surface area contributed by atoms with E-state index in [2.05, 4.69) is 106 Å². The van der Waals surface area contributed by atoms with Gasteiger partial charge in [0.2, 0.25) is 0 Å².